The largest absolute Gasteiger partial charge is 0.495 e. The van der Waals surface area contributed by atoms with E-state index in [2.05, 4.69) is 10.6 Å². The first-order chi connectivity index (χ1) is 16.0. The highest BCUT2D eigenvalue weighted by atomic mass is 16.6. The summed E-state index contributed by atoms with van der Waals surface area (Å²) in [5.74, 6) is -0.411. The lowest BCUT2D eigenvalue weighted by molar-refractivity contribution is -0.153. The fraction of sp³-hybridized carbons (Fsp3) is 0.160. The molecule has 0 saturated heterocycles. The molecule has 0 aliphatic carbocycles. The second-order valence-corrected chi connectivity index (χ2v) is 6.96. The first-order valence-corrected chi connectivity index (χ1v) is 10.2. The Labute approximate surface area is 191 Å². The zero-order valence-corrected chi connectivity index (χ0v) is 18.2. The number of ether oxygens (including phenoxy) is 3. The highest BCUT2D eigenvalue weighted by molar-refractivity contribution is 6.05. The number of para-hydroxylation sites is 3. The number of nitrogens with one attached hydrogen (secondary N) is 2. The van der Waals surface area contributed by atoms with Crippen molar-refractivity contribution >= 4 is 29.2 Å². The lowest BCUT2D eigenvalue weighted by Gasteiger charge is -2.14. The average Bonchev–Trinajstić information content (AvgIpc) is 2.84. The molecule has 170 valence electrons. The van der Waals surface area contributed by atoms with Crippen LogP contribution >= 0.6 is 0 Å². The summed E-state index contributed by atoms with van der Waals surface area (Å²) in [5, 5.41) is 5.39. The Bertz CT molecular complexity index is 1100. The number of methoxy groups -OCH3 is 1. The van der Waals surface area contributed by atoms with Gasteiger partial charge in [-0.2, -0.15) is 0 Å². The molecule has 2 N–H and O–H groups in total. The van der Waals surface area contributed by atoms with Crippen LogP contribution in [-0.2, 0) is 14.3 Å². The van der Waals surface area contributed by atoms with Gasteiger partial charge in [0, 0.05) is 11.3 Å². The molecule has 0 aliphatic heterocycles. The van der Waals surface area contributed by atoms with Crippen molar-refractivity contribution in [3.63, 3.8) is 0 Å². The van der Waals surface area contributed by atoms with Crippen LogP contribution in [0, 0.1) is 0 Å². The fourth-order valence-electron chi connectivity index (χ4n) is 2.85. The lowest BCUT2D eigenvalue weighted by atomic mass is 10.2. The van der Waals surface area contributed by atoms with Gasteiger partial charge in [0.25, 0.3) is 11.8 Å². The number of esters is 1. The molecule has 3 aromatic carbocycles. The number of rotatable bonds is 9. The van der Waals surface area contributed by atoms with E-state index >= 15 is 0 Å². The summed E-state index contributed by atoms with van der Waals surface area (Å²) in [7, 11) is 1.52. The molecule has 0 spiro atoms. The minimum atomic E-state index is -0.860. The molecule has 0 radical (unpaired) electrons. The van der Waals surface area contributed by atoms with Crippen molar-refractivity contribution in [2.24, 2.45) is 0 Å². The van der Waals surface area contributed by atoms with Gasteiger partial charge in [-0.15, -0.1) is 0 Å². The van der Waals surface area contributed by atoms with Crippen LogP contribution in [0.4, 0.5) is 11.4 Å². The summed E-state index contributed by atoms with van der Waals surface area (Å²) in [4.78, 5) is 36.6. The Morgan fingerprint density at radius 1 is 0.848 bits per heavy atom. The quantitative estimate of drug-likeness (QED) is 0.482. The van der Waals surface area contributed by atoms with Gasteiger partial charge in [-0.3, -0.25) is 9.59 Å². The second kappa shape index (κ2) is 11.3. The van der Waals surface area contributed by atoms with Gasteiger partial charge in [0.1, 0.15) is 11.5 Å². The topological polar surface area (TPSA) is 103 Å². The first-order valence-electron chi connectivity index (χ1n) is 10.2. The third kappa shape index (κ3) is 6.83. The van der Waals surface area contributed by atoms with E-state index in [1.54, 1.807) is 79.7 Å². The van der Waals surface area contributed by atoms with E-state index in [0.29, 0.717) is 28.4 Å². The van der Waals surface area contributed by atoms with Crippen LogP contribution in [0.5, 0.6) is 11.5 Å². The third-order valence-electron chi connectivity index (χ3n) is 4.52. The first kappa shape index (κ1) is 23.3. The van der Waals surface area contributed by atoms with E-state index in [9.17, 15) is 14.4 Å². The number of carbonyl (C=O) groups is 3. The maximum atomic E-state index is 12.5. The van der Waals surface area contributed by atoms with Crippen LogP contribution in [0.1, 0.15) is 17.3 Å². The van der Waals surface area contributed by atoms with Crippen molar-refractivity contribution < 1.29 is 28.6 Å². The maximum Gasteiger partial charge on any atom is 0.347 e. The van der Waals surface area contributed by atoms with Crippen molar-refractivity contribution in [3.05, 3.63) is 84.4 Å². The maximum absolute atomic E-state index is 12.5. The minimum Gasteiger partial charge on any atom is -0.495 e. The number of hydrogen-bond donors (Lipinski definition) is 2. The van der Waals surface area contributed by atoms with E-state index in [-0.39, 0.29) is 5.91 Å². The van der Waals surface area contributed by atoms with Gasteiger partial charge < -0.3 is 24.8 Å². The molecule has 3 rings (SSSR count). The average molecular weight is 448 g/mol. The highest BCUT2D eigenvalue weighted by Crippen LogP contribution is 2.24. The molecule has 8 nitrogen and oxygen atoms in total. The van der Waals surface area contributed by atoms with E-state index in [1.807, 2.05) is 6.07 Å². The van der Waals surface area contributed by atoms with Crippen LogP contribution in [0.3, 0.4) is 0 Å². The molecule has 0 saturated carbocycles. The van der Waals surface area contributed by atoms with Gasteiger partial charge in [-0.1, -0.05) is 30.3 Å². The van der Waals surface area contributed by atoms with Crippen molar-refractivity contribution in [3.8, 4) is 11.5 Å². The van der Waals surface area contributed by atoms with Crippen LogP contribution < -0.4 is 20.1 Å². The summed E-state index contributed by atoms with van der Waals surface area (Å²) in [6.07, 6.45) is -0.860. The van der Waals surface area contributed by atoms with Crippen molar-refractivity contribution in [1.82, 2.24) is 0 Å². The van der Waals surface area contributed by atoms with E-state index < -0.39 is 24.6 Å². The summed E-state index contributed by atoms with van der Waals surface area (Å²) in [5.41, 5.74) is 1.41. The van der Waals surface area contributed by atoms with Crippen molar-refractivity contribution in [1.29, 1.82) is 0 Å². The smallest absolute Gasteiger partial charge is 0.347 e. The van der Waals surface area contributed by atoms with E-state index in [4.69, 9.17) is 14.2 Å². The van der Waals surface area contributed by atoms with Gasteiger partial charge in [-0.25, -0.2) is 4.79 Å². The predicted molar refractivity (Wildman–Crippen MR) is 124 cm³/mol. The molecular weight excluding hydrogens is 424 g/mol. The summed E-state index contributed by atoms with van der Waals surface area (Å²) in [6, 6.07) is 22.2. The Kier molecular flexibility index (Phi) is 8.02. The molecule has 0 heterocycles. The second-order valence-electron chi connectivity index (χ2n) is 6.96. The number of carbonyl (C=O) groups excluding carboxylic acids is 3. The third-order valence-corrected chi connectivity index (χ3v) is 4.52. The van der Waals surface area contributed by atoms with Gasteiger partial charge in [0.05, 0.1) is 12.8 Å². The highest BCUT2D eigenvalue weighted by Gasteiger charge is 2.18. The molecule has 0 aliphatic rings. The normalized spacial score (nSPS) is 11.1. The lowest BCUT2D eigenvalue weighted by Crippen LogP contribution is -2.29. The molecule has 1 unspecified atom stereocenters. The van der Waals surface area contributed by atoms with Gasteiger partial charge in [-0.05, 0) is 55.5 Å². The Morgan fingerprint density at radius 3 is 2.21 bits per heavy atom. The fourth-order valence-corrected chi connectivity index (χ4v) is 2.85. The summed E-state index contributed by atoms with van der Waals surface area (Å²) in [6.45, 7) is 1.08. The number of benzene rings is 3. The molecule has 1 atom stereocenters. The van der Waals surface area contributed by atoms with Crippen LogP contribution in [0.15, 0.2) is 78.9 Å². The molecule has 3 aromatic rings. The van der Waals surface area contributed by atoms with Crippen LogP contribution in [0.2, 0.25) is 0 Å². The molecule has 0 fully saturated rings. The number of anilines is 2. The monoisotopic (exact) mass is 448 g/mol. The van der Waals surface area contributed by atoms with Crippen molar-refractivity contribution in [2.75, 3.05) is 24.4 Å². The standard InChI is InChI=1S/C25H24N2O6/c1-17(33-20-8-4-3-5-9-20)25(30)32-16-23(28)26-19-14-12-18(13-15-19)24(29)27-21-10-6-7-11-22(21)31-2/h3-15,17H,16H2,1-2H3,(H,26,28)(H,27,29). The Balaban J connectivity index is 1.47. The zero-order chi connectivity index (χ0) is 23.6. The predicted octanol–water partition coefficient (Wildman–Crippen LogP) is 3.90. The number of amides is 2. The van der Waals surface area contributed by atoms with Gasteiger partial charge >= 0.3 is 5.97 Å². The number of hydrogen-bond acceptors (Lipinski definition) is 6. The summed E-state index contributed by atoms with van der Waals surface area (Å²) >= 11 is 0. The molecular formula is C25H24N2O6. The molecule has 33 heavy (non-hydrogen) atoms. The van der Waals surface area contributed by atoms with Gasteiger partial charge in [0.15, 0.2) is 12.7 Å². The molecule has 0 bridgehead atoms. The SMILES string of the molecule is COc1ccccc1NC(=O)c1ccc(NC(=O)COC(=O)C(C)Oc2ccccc2)cc1. The molecule has 8 heteroatoms. The molecule has 0 aromatic heterocycles. The van der Waals surface area contributed by atoms with Crippen molar-refractivity contribution in [2.45, 2.75) is 13.0 Å². The zero-order valence-electron chi connectivity index (χ0n) is 18.2. The van der Waals surface area contributed by atoms with Crippen LogP contribution in [0.25, 0.3) is 0 Å². The molecule has 2 amide bonds. The van der Waals surface area contributed by atoms with E-state index in [0.717, 1.165) is 0 Å². The van der Waals surface area contributed by atoms with Crippen LogP contribution in [-0.4, -0.2) is 37.6 Å². The Morgan fingerprint density at radius 2 is 1.52 bits per heavy atom. The van der Waals surface area contributed by atoms with Gasteiger partial charge in [0.2, 0.25) is 0 Å². The Hall–Kier alpha value is -4.33. The summed E-state index contributed by atoms with van der Waals surface area (Å²) < 4.78 is 15.7. The minimum absolute atomic E-state index is 0.321. The van der Waals surface area contributed by atoms with E-state index in [1.165, 1.54) is 7.11 Å².